The Kier molecular flexibility index (Phi) is 5.85. The van der Waals surface area contributed by atoms with Gasteiger partial charge in [-0.2, -0.15) is 4.57 Å². The minimum Gasteiger partial charge on any atom is -0.197 e. The molecule has 0 amide bonds. The highest BCUT2D eigenvalue weighted by Gasteiger charge is 2.41. The van der Waals surface area contributed by atoms with Crippen molar-refractivity contribution < 1.29 is 4.57 Å². The Morgan fingerprint density at radius 2 is 1.83 bits per heavy atom. The molecule has 0 aliphatic carbocycles. The molecule has 0 saturated carbocycles. The lowest BCUT2D eigenvalue weighted by molar-refractivity contribution is -0.695. The quantitative estimate of drug-likeness (QED) is 0.301. The van der Waals surface area contributed by atoms with E-state index in [1.54, 1.807) is 0 Å². The maximum atomic E-state index is 2.51. The molecule has 2 aromatic carbocycles. The maximum absolute atomic E-state index is 2.51. The second-order valence-electron chi connectivity index (χ2n) is 8.52. The van der Waals surface area contributed by atoms with Crippen LogP contribution in [-0.4, -0.2) is 0 Å². The molecule has 1 heteroatoms. The Balaban J connectivity index is 1.99. The SMILES string of the molecule is CCCC=CC1(CC)C[n+]2ccccc2-c2c1ccc1c(CCCC)cccc21. The number of benzene rings is 2. The van der Waals surface area contributed by atoms with Crippen LogP contribution in [0.2, 0.25) is 0 Å². The van der Waals surface area contributed by atoms with Gasteiger partial charge in [-0.3, -0.25) is 0 Å². The average Bonchev–Trinajstić information content (AvgIpc) is 2.77. The monoisotopic (exact) mass is 384 g/mol. The second kappa shape index (κ2) is 8.53. The summed E-state index contributed by atoms with van der Waals surface area (Å²) in [5, 5.41) is 2.84. The summed E-state index contributed by atoms with van der Waals surface area (Å²) < 4.78 is 2.47. The minimum atomic E-state index is 0.0666. The third-order valence-electron chi connectivity index (χ3n) is 6.66. The predicted octanol–water partition coefficient (Wildman–Crippen LogP) is 7.15. The van der Waals surface area contributed by atoms with Gasteiger partial charge in [0, 0.05) is 12.1 Å². The van der Waals surface area contributed by atoms with Crippen LogP contribution in [0.4, 0.5) is 0 Å². The smallest absolute Gasteiger partial charge is 0.197 e. The van der Waals surface area contributed by atoms with Crippen LogP contribution in [0.15, 0.2) is 66.9 Å². The lowest BCUT2D eigenvalue weighted by Crippen LogP contribution is -2.50. The van der Waals surface area contributed by atoms with E-state index in [-0.39, 0.29) is 5.41 Å². The Hall–Kier alpha value is -2.41. The van der Waals surface area contributed by atoms with E-state index in [1.165, 1.54) is 52.4 Å². The lowest BCUT2D eigenvalue weighted by atomic mass is 9.71. The summed E-state index contributed by atoms with van der Waals surface area (Å²) in [6.07, 6.45) is 14.3. The molecule has 1 nitrogen and oxygen atoms in total. The summed E-state index contributed by atoms with van der Waals surface area (Å²) in [4.78, 5) is 0. The molecule has 0 radical (unpaired) electrons. The fourth-order valence-electron chi connectivity index (χ4n) is 4.97. The van der Waals surface area contributed by atoms with Crippen LogP contribution < -0.4 is 4.57 Å². The number of nitrogens with zero attached hydrogens (tertiary/aromatic N) is 1. The van der Waals surface area contributed by atoms with Crippen LogP contribution in [0, 0.1) is 0 Å². The first-order valence-corrected chi connectivity index (χ1v) is 11.5. The Morgan fingerprint density at radius 1 is 0.931 bits per heavy atom. The van der Waals surface area contributed by atoms with E-state index in [0.29, 0.717) is 0 Å². The van der Waals surface area contributed by atoms with Gasteiger partial charge in [0.2, 0.25) is 5.69 Å². The van der Waals surface area contributed by atoms with Crippen molar-refractivity contribution in [1.29, 1.82) is 0 Å². The summed E-state index contributed by atoms with van der Waals surface area (Å²) in [5.41, 5.74) is 5.85. The van der Waals surface area contributed by atoms with Crippen molar-refractivity contribution in [2.24, 2.45) is 0 Å². The van der Waals surface area contributed by atoms with Gasteiger partial charge in [0.1, 0.15) is 0 Å². The third kappa shape index (κ3) is 3.52. The van der Waals surface area contributed by atoms with Crippen molar-refractivity contribution in [3.05, 3.63) is 78.0 Å². The van der Waals surface area contributed by atoms with Gasteiger partial charge >= 0.3 is 0 Å². The molecular weight excluding hydrogens is 350 g/mol. The zero-order valence-corrected chi connectivity index (χ0v) is 18.2. The molecule has 2 heterocycles. The third-order valence-corrected chi connectivity index (χ3v) is 6.66. The van der Waals surface area contributed by atoms with Crippen LogP contribution in [0.3, 0.4) is 0 Å². The molecule has 3 aromatic rings. The van der Waals surface area contributed by atoms with Crippen molar-refractivity contribution >= 4 is 10.8 Å². The molecule has 0 saturated heterocycles. The van der Waals surface area contributed by atoms with Crippen molar-refractivity contribution in [1.82, 2.24) is 0 Å². The second-order valence-corrected chi connectivity index (χ2v) is 8.52. The number of rotatable bonds is 7. The van der Waals surface area contributed by atoms with E-state index >= 15 is 0 Å². The molecule has 1 aliphatic heterocycles. The van der Waals surface area contributed by atoms with E-state index in [2.05, 4.69) is 92.2 Å². The molecule has 1 atom stereocenters. The van der Waals surface area contributed by atoms with Gasteiger partial charge in [-0.15, -0.1) is 0 Å². The van der Waals surface area contributed by atoms with Crippen LogP contribution in [0.5, 0.6) is 0 Å². The van der Waals surface area contributed by atoms with Crippen LogP contribution >= 0.6 is 0 Å². The molecule has 1 aliphatic rings. The number of hydrogen-bond acceptors (Lipinski definition) is 0. The normalized spacial score (nSPS) is 18.2. The molecule has 4 rings (SSSR count). The Morgan fingerprint density at radius 3 is 2.62 bits per heavy atom. The predicted molar refractivity (Wildman–Crippen MR) is 124 cm³/mol. The molecular formula is C28H34N+. The maximum Gasteiger partial charge on any atom is 0.213 e. The summed E-state index contributed by atoms with van der Waals surface area (Å²) in [5.74, 6) is 0. The molecule has 0 spiro atoms. The molecule has 0 fully saturated rings. The topological polar surface area (TPSA) is 3.88 Å². The van der Waals surface area contributed by atoms with Crippen LogP contribution in [0.25, 0.3) is 22.0 Å². The van der Waals surface area contributed by atoms with Crippen molar-refractivity contribution in [2.75, 3.05) is 0 Å². The summed E-state index contributed by atoms with van der Waals surface area (Å²) in [7, 11) is 0. The number of aryl methyl sites for hydroxylation is 1. The number of pyridine rings is 1. The highest BCUT2D eigenvalue weighted by atomic mass is 15.0. The van der Waals surface area contributed by atoms with Crippen molar-refractivity contribution in [3.8, 4) is 11.3 Å². The fourth-order valence-corrected chi connectivity index (χ4v) is 4.97. The fraction of sp³-hybridized carbons (Fsp3) is 0.393. The number of aromatic nitrogens is 1. The van der Waals surface area contributed by atoms with E-state index in [1.807, 2.05) is 0 Å². The first-order valence-electron chi connectivity index (χ1n) is 11.5. The molecule has 1 unspecified atom stereocenters. The largest absolute Gasteiger partial charge is 0.213 e. The molecule has 0 N–H and O–H groups in total. The van der Waals surface area contributed by atoms with Gasteiger partial charge in [-0.25, -0.2) is 0 Å². The Bertz CT molecular complexity index is 1030. The molecule has 1 aromatic heterocycles. The highest BCUT2D eigenvalue weighted by Crippen LogP contribution is 2.44. The van der Waals surface area contributed by atoms with Gasteiger partial charge < -0.3 is 0 Å². The molecule has 150 valence electrons. The van der Waals surface area contributed by atoms with Gasteiger partial charge in [0.05, 0.1) is 11.0 Å². The lowest BCUT2D eigenvalue weighted by Gasteiger charge is -2.34. The molecule has 0 bridgehead atoms. The highest BCUT2D eigenvalue weighted by molar-refractivity contribution is 5.99. The van der Waals surface area contributed by atoms with E-state index in [0.717, 1.165) is 25.8 Å². The van der Waals surface area contributed by atoms with Crippen LogP contribution in [0.1, 0.15) is 64.0 Å². The first-order chi connectivity index (χ1) is 14.2. The van der Waals surface area contributed by atoms with E-state index in [4.69, 9.17) is 0 Å². The summed E-state index contributed by atoms with van der Waals surface area (Å²) in [6, 6.07) is 18.4. The van der Waals surface area contributed by atoms with E-state index < -0.39 is 0 Å². The number of hydrogen-bond donors (Lipinski definition) is 0. The van der Waals surface area contributed by atoms with Gasteiger partial charge in [0.25, 0.3) is 0 Å². The standard InChI is InChI=1S/C28H34N/c1-4-7-10-19-28(6-3)21-29-20-11-9-16-26(29)27-24-15-12-14-22(13-8-5-2)23(24)17-18-25(27)28/h9-12,14-20H,4-8,13,21H2,1-3H3/q+1. The van der Waals surface area contributed by atoms with Crippen molar-refractivity contribution in [2.45, 2.75) is 71.3 Å². The average molecular weight is 385 g/mol. The van der Waals surface area contributed by atoms with E-state index in [9.17, 15) is 0 Å². The number of unbranched alkanes of at least 4 members (excludes halogenated alkanes) is 2. The number of fused-ring (bicyclic) bond motifs is 5. The van der Waals surface area contributed by atoms with Gasteiger partial charge in [-0.05, 0) is 53.6 Å². The van der Waals surface area contributed by atoms with Crippen molar-refractivity contribution in [3.63, 3.8) is 0 Å². The van der Waals surface area contributed by atoms with Gasteiger partial charge in [0.15, 0.2) is 12.7 Å². The number of allylic oxidation sites excluding steroid dienone is 2. The summed E-state index contributed by atoms with van der Waals surface area (Å²) in [6.45, 7) is 7.90. The first kappa shape index (κ1) is 19.9. The van der Waals surface area contributed by atoms with Crippen LogP contribution in [-0.2, 0) is 18.4 Å². The summed E-state index contributed by atoms with van der Waals surface area (Å²) >= 11 is 0. The zero-order valence-electron chi connectivity index (χ0n) is 18.2. The molecule has 29 heavy (non-hydrogen) atoms. The Labute approximate surface area is 176 Å². The minimum absolute atomic E-state index is 0.0666. The van der Waals surface area contributed by atoms with Gasteiger partial charge in [-0.1, -0.05) is 76.1 Å². The zero-order chi connectivity index (χ0) is 20.3.